The first kappa shape index (κ1) is 21.9. The number of rotatable bonds is 5. The molecule has 0 saturated heterocycles. The van der Waals surface area contributed by atoms with E-state index in [4.69, 9.17) is 10.5 Å². The molecule has 0 spiro atoms. The quantitative estimate of drug-likeness (QED) is 0.751. The zero-order valence-corrected chi connectivity index (χ0v) is 15.6. The molecule has 0 radical (unpaired) electrons. The van der Waals surface area contributed by atoms with Crippen LogP contribution in [-0.4, -0.2) is 17.7 Å². The fraction of sp³-hybridized carbons (Fsp3) is 0.316. The van der Waals surface area contributed by atoms with Gasteiger partial charge in [0.15, 0.2) is 0 Å². The van der Waals surface area contributed by atoms with Crippen molar-refractivity contribution in [2.75, 3.05) is 6.61 Å². The largest absolute Gasteiger partial charge is 0.507 e. The maximum Gasteiger partial charge on any atom is 0.307 e. The van der Waals surface area contributed by atoms with Crippen molar-refractivity contribution in [1.29, 1.82) is 0 Å². The van der Waals surface area contributed by atoms with Gasteiger partial charge in [0.05, 0.1) is 13.0 Å². The number of phenols is 1. The van der Waals surface area contributed by atoms with E-state index in [0.29, 0.717) is 22.3 Å². The van der Waals surface area contributed by atoms with Gasteiger partial charge in [-0.05, 0) is 55.7 Å². The van der Waals surface area contributed by atoms with Crippen LogP contribution in [0.3, 0.4) is 0 Å². The molecular formula is C19H22ClF2NO3. The topological polar surface area (TPSA) is 72.5 Å². The maximum atomic E-state index is 14.5. The first-order valence-corrected chi connectivity index (χ1v) is 7.95. The number of aryl methyl sites for hydroxylation is 2. The number of phenolic OH excluding ortho intramolecular Hbond substituents is 1. The molecule has 2 aromatic rings. The molecule has 0 amide bonds. The Hall–Kier alpha value is -2.18. The van der Waals surface area contributed by atoms with Crippen molar-refractivity contribution < 1.29 is 23.4 Å². The normalized spacial score (nSPS) is 11.6. The highest BCUT2D eigenvalue weighted by Gasteiger charge is 2.20. The van der Waals surface area contributed by atoms with Gasteiger partial charge in [0, 0.05) is 23.2 Å². The van der Waals surface area contributed by atoms with Crippen LogP contribution in [0.1, 0.15) is 36.1 Å². The molecule has 0 aliphatic carbocycles. The van der Waals surface area contributed by atoms with E-state index in [1.165, 1.54) is 12.1 Å². The second kappa shape index (κ2) is 8.96. The molecule has 2 aromatic carbocycles. The second-order valence-electron chi connectivity index (χ2n) is 5.93. The van der Waals surface area contributed by atoms with Gasteiger partial charge in [0.2, 0.25) is 0 Å². The minimum atomic E-state index is -0.888. The van der Waals surface area contributed by atoms with Crippen LogP contribution in [-0.2, 0) is 9.53 Å². The van der Waals surface area contributed by atoms with E-state index in [1.54, 1.807) is 26.8 Å². The molecule has 142 valence electrons. The average molecular weight is 386 g/mol. The first-order chi connectivity index (χ1) is 11.7. The van der Waals surface area contributed by atoms with E-state index in [-0.39, 0.29) is 36.7 Å². The summed E-state index contributed by atoms with van der Waals surface area (Å²) in [6, 6.07) is 4.42. The van der Waals surface area contributed by atoms with Crippen LogP contribution >= 0.6 is 12.4 Å². The summed E-state index contributed by atoms with van der Waals surface area (Å²) in [5.74, 6) is -1.83. The molecular weight excluding hydrogens is 364 g/mol. The van der Waals surface area contributed by atoms with Crippen molar-refractivity contribution in [3.05, 3.63) is 52.6 Å². The number of hydrogen-bond acceptors (Lipinski definition) is 4. The van der Waals surface area contributed by atoms with Crippen molar-refractivity contribution in [2.24, 2.45) is 5.73 Å². The molecule has 0 aliphatic rings. The fourth-order valence-corrected chi connectivity index (χ4v) is 2.82. The van der Waals surface area contributed by atoms with Gasteiger partial charge in [-0.2, -0.15) is 0 Å². The lowest BCUT2D eigenvalue weighted by atomic mass is 9.92. The first-order valence-electron chi connectivity index (χ1n) is 7.95. The predicted molar refractivity (Wildman–Crippen MR) is 98.4 cm³/mol. The van der Waals surface area contributed by atoms with E-state index >= 15 is 0 Å². The number of halogens is 3. The monoisotopic (exact) mass is 385 g/mol. The van der Waals surface area contributed by atoms with Gasteiger partial charge in [-0.3, -0.25) is 4.79 Å². The minimum Gasteiger partial charge on any atom is -0.507 e. The Morgan fingerprint density at radius 1 is 1.19 bits per heavy atom. The molecule has 1 atom stereocenters. The zero-order valence-electron chi connectivity index (χ0n) is 14.8. The second-order valence-corrected chi connectivity index (χ2v) is 5.93. The molecule has 7 heteroatoms. The third-order valence-electron chi connectivity index (χ3n) is 3.94. The van der Waals surface area contributed by atoms with Crippen LogP contribution in [0.5, 0.6) is 5.75 Å². The third-order valence-corrected chi connectivity index (χ3v) is 3.94. The molecule has 0 saturated carbocycles. The number of hydrogen-bond donors (Lipinski definition) is 2. The van der Waals surface area contributed by atoms with Gasteiger partial charge < -0.3 is 15.6 Å². The zero-order chi connectivity index (χ0) is 18.7. The summed E-state index contributed by atoms with van der Waals surface area (Å²) >= 11 is 0. The number of nitrogens with two attached hydrogens (primary N) is 1. The van der Waals surface area contributed by atoms with Crippen LogP contribution in [0.2, 0.25) is 0 Å². The van der Waals surface area contributed by atoms with Gasteiger partial charge >= 0.3 is 5.97 Å². The van der Waals surface area contributed by atoms with Gasteiger partial charge in [-0.25, -0.2) is 8.78 Å². The van der Waals surface area contributed by atoms with E-state index in [2.05, 4.69) is 0 Å². The maximum absolute atomic E-state index is 14.5. The Labute approximate surface area is 157 Å². The summed E-state index contributed by atoms with van der Waals surface area (Å²) in [4.78, 5) is 11.6. The lowest BCUT2D eigenvalue weighted by molar-refractivity contribution is -0.143. The molecule has 0 aromatic heterocycles. The lowest BCUT2D eigenvalue weighted by Gasteiger charge is -2.17. The van der Waals surface area contributed by atoms with Crippen LogP contribution in [0.15, 0.2) is 24.3 Å². The van der Waals surface area contributed by atoms with E-state index < -0.39 is 23.6 Å². The summed E-state index contributed by atoms with van der Waals surface area (Å²) in [5.41, 5.74) is 7.85. The van der Waals surface area contributed by atoms with Crippen molar-refractivity contribution >= 4 is 18.4 Å². The number of carbonyl (C=O) groups excluding carboxylic acids is 1. The summed E-state index contributed by atoms with van der Waals surface area (Å²) in [6.45, 7) is 5.11. The molecule has 3 N–H and O–H groups in total. The minimum absolute atomic E-state index is 0. The van der Waals surface area contributed by atoms with Crippen LogP contribution < -0.4 is 5.73 Å². The van der Waals surface area contributed by atoms with Crippen molar-refractivity contribution in [2.45, 2.75) is 33.2 Å². The van der Waals surface area contributed by atoms with Gasteiger partial charge in [-0.15, -0.1) is 12.4 Å². The molecule has 2 rings (SSSR count). The van der Waals surface area contributed by atoms with Crippen molar-refractivity contribution in [3.63, 3.8) is 0 Å². The number of ether oxygens (including phenoxy) is 1. The third kappa shape index (κ3) is 4.71. The van der Waals surface area contributed by atoms with E-state index in [1.807, 2.05) is 0 Å². The Morgan fingerprint density at radius 3 is 2.42 bits per heavy atom. The highest BCUT2D eigenvalue weighted by molar-refractivity contribution is 5.85. The van der Waals surface area contributed by atoms with Gasteiger partial charge in [-0.1, -0.05) is 0 Å². The molecule has 26 heavy (non-hydrogen) atoms. The summed E-state index contributed by atoms with van der Waals surface area (Å²) in [6.07, 6.45) is -0.165. The van der Waals surface area contributed by atoms with E-state index in [9.17, 15) is 18.7 Å². The van der Waals surface area contributed by atoms with E-state index in [0.717, 1.165) is 6.07 Å². The molecule has 0 unspecified atom stereocenters. The lowest BCUT2D eigenvalue weighted by Crippen LogP contribution is -2.19. The highest BCUT2D eigenvalue weighted by Crippen LogP contribution is 2.36. The number of aromatic hydroxyl groups is 1. The molecule has 0 heterocycles. The molecule has 0 bridgehead atoms. The number of carbonyl (C=O) groups is 1. The standard InChI is InChI=1S/C19H21F2NO3.ClH/c1-4-25-17(24)9-15(22)14-7-12(5-11(3)19(14)21)18-10(2)6-13(20)8-16(18)23;/h5-8,15,23H,4,9,22H2,1-3H3;1H/t15-;/m0./s1. The smallest absolute Gasteiger partial charge is 0.307 e. The van der Waals surface area contributed by atoms with Crippen molar-refractivity contribution in [3.8, 4) is 16.9 Å². The van der Waals surface area contributed by atoms with Crippen LogP contribution in [0.4, 0.5) is 8.78 Å². The average Bonchev–Trinajstić information content (AvgIpc) is 2.49. The molecule has 0 aliphatic heterocycles. The number of benzene rings is 2. The Balaban J connectivity index is 0.00000338. The Bertz CT molecular complexity index is 789. The summed E-state index contributed by atoms with van der Waals surface area (Å²) in [7, 11) is 0. The Kier molecular flexibility index (Phi) is 7.54. The SMILES string of the molecule is CCOC(=O)C[C@H](N)c1cc(-c2c(C)cc(F)cc2O)cc(C)c1F.Cl. The number of esters is 1. The highest BCUT2D eigenvalue weighted by atomic mass is 35.5. The van der Waals surface area contributed by atoms with Crippen LogP contribution in [0.25, 0.3) is 11.1 Å². The van der Waals surface area contributed by atoms with Gasteiger partial charge in [0.1, 0.15) is 17.4 Å². The summed E-state index contributed by atoms with van der Waals surface area (Å²) < 4.78 is 32.7. The molecule has 4 nitrogen and oxygen atoms in total. The Morgan fingerprint density at radius 2 is 1.85 bits per heavy atom. The fourth-order valence-electron chi connectivity index (χ4n) is 2.82. The predicted octanol–water partition coefficient (Wildman–Crippen LogP) is 4.33. The van der Waals surface area contributed by atoms with Crippen LogP contribution in [0, 0.1) is 25.5 Å². The summed E-state index contributed by atoms with van der Waals surface area (Å²) in [5, 5.41) is 10.1. The molecule has 0 fully saturated rings. The van der Waals surface area contributed by atoms with Gasteiger partial charge in [0.25, 0.3) is 0 Å². The van der Waals surface area contributed by atoms with Crippen molar-refractivity contribution in [1.82, 2.24) is 0 Å².